The van der Waals surface area contributed by atoms with E-state index in [1.165, 1.54) is 6.42 Å². The normalized spacial score (nSPS) is 27.0. The second-order valence-electron chi connectivity index (χ2n) is 6.09. The summed E-state index contributed by atoms with van der Waals surface area (Å²) >= 11 is 0. The van der Waals surface area contributed by atoms with Crippen molar-refractivity contribution in [2.45, 2.75) is 46.1 Å². The molecule has 1 fully saturated rings. The van der Waals surface area contributed by atoms with E-state index in [9.17, 15) is 9.90 Å². The first-order valence-electron chi connectivity index (χ1n) is 7.06. The van der Waals surface area contributed by atoms with Gasteiger partial charge in [-0.3, -0.25) is 4.79 Å². The maximum Gasteiger partial charge on any atom is 0.251 e. The van der Waals surface area contributed by atoms with Crippen molar-refractivity contribution in [3.05, 3.63) is 29.3 Å². The van der Waals surface area contributed by atoms with Crippen molar-refractivity contribution >= 4 is 5.91 Å². The Labute approximate surface area is 115 Å². The first-order valence-corrected chi connectivity index (χ1v) is 7.06. The molecule has 1 aliphatic rings. The first kappa shape index (κ1) is 13.9. The minimum absolute atomic E-state index is 0.0819. The first-order chi connectivity index (χ1) is 8.95. The average molecular weight is 261 g/mol. The topological polar surface area (TPSA) is 49.3 Å². The van der Waals surface area contributed by atoms with Crippen LogP contribution in [-0.2, 0) is 0 Å². The molecule has 2 N–H and O–H groups in total. The fourth-order valence-corrected chi connectivity index (χ4v) is 3.08. The molecular weight excluding hydrogens is 238 g/mol. The number of carbonyl (C=O) groups is 1. The van der Waals surface area contributed by atoms with E-state index >= 15 is 0 Å². The fraction of sp³-hybridized carbons (Fsp3) is 0.562. The Morgan fingerprint density at radius 3 is 2.42 bits per heavy atom. The lowest BCUT2D eigenvalue weighted by atomic mass is 9.80. The van der Waals surface area contributed by atoms with Gasteiger partial charge in [0, 0.05) is 11.6 Å². The van der Waals surface area contributed by atoms with Crippen LogP contribution in [0.3, 0.4) is 0 Å². The van der Waals surface area contributed by atoms with Crippen molar-refractivity contribution in [2.24, 2.45) is 11.8 Å². The van der Waals surface area contributed by atoms with Gasteiger partial charge in [0.15, 0.2) is 0 Å². The van der Waals surface area contributed by atoms with Crippen molar-refractivity contribution in [3.63, 3.8) is 0 Å². The van der Waals surface area contributed by atoms with Crippen LogP contribution >= 0.6 is 0 Å². The Morgan fingerprint density at radius 2 is 1.84 bits per heavy atom. The maximum absolute atomic E-state index is 12.2. The summed E-state index contributed by atoms with van der Waals surface area (Å²) in [7, 11) is 0. The van der Waals surface area contributed by atoms with Gasteiger partial charge in [-0.1, -0.05) is 19.9 Å². The summed E-state index contributed by atoms with van der Waals surface area (Å²) in [6.45, 7) is 6.31. The highest BCUT2D eigenvalue weighted by molar-refractivity contribution is 5.94. The SMILES string of the molecule is Cc1ccc(C(=O)NC2CC(C)CC(C)C2)cc1O. The molecule has 2 atom stereocenters. The summed E-state index contributed by atoms with van der Waals surface area (Å²) in [6.07, 6.45) is 3.35. The summed E-state index contributed by atoms with van der Waals surface area (Å²) in [4.78, 5) is 12.2. The zero-order valence-electron chi connectivity index (χ0n) is 11.9. The van der Waals surface area contributed by atoms with Gasteiger partial charge in [0.2, 0.25) is 0 Å². The number of aromatic hydroxyl groups is 1. The van der Waals surface area contributed by atoms with E-state index < -0.39 is 0 Å². The summed E-state index contributed by atoms with van der Waals surface area (Å²) < 4.78 is 0. The van der Waals surface area contributed by atoms with Crippen LogP contribution in [0.5, 0.6) is 5.75 Å². The molecular formula is C16H23NO2. The third-order valence-electron chi connectivity index (χ3n) is 3.99. The average Bonchev–Trinajstić information content (AvgIpc) is 2.31. The molecule has 0 saturated heterocycles. The van der Waals surface area contributed by atoms with Gasteiger partial charge in [0.05, 0.1) is 0 Å². The fourth-order valence-electron chi connectivity index (χ4n) is 3.08. The Balaban J connectivity index is 2.02. The van der Waals surface area contributed by atoms with Crippen molar-refractivity contribution < 1.29 is 9.90 Å². The Bertz CT molecular complexity index is 460. The van der Waals surface area contributed by atoms with Crippen molar-refractivity contribution in [2.75, 3.05) is 0 Å². The molecule has 0 bridgehead atoms. The molecule has 1 aromatic rings. The van der Waals surface area contributed by atoms with Crippen LogP contribution in [0.1, 0.15) is 49.0 Å². The number of hydrogen-bond donors (Lipinski definition) is 2. The van der Waals surface area contributed by atoms with Gasteiger partial charge >= 0.3 is 0 Å². The van der Waals surface area contributed by atoms with Crippen LogP contribution in [-0.4, -0.2) is 17.1 Å². The smallest absolute Gasteiger partial charge is 0.251 e. The second-order valence-corrected chi connectivity index (χ2v) is 6.09. The summed E-state index contributed by atoms with van der Waals surface area (Å²) in [6, 6.07) is 5.34. The molecule has 0 radical (unpaired) electrons. The van der Waals surface area contributed by atoms with Gasteiger partial charge in [0.25, 0.3) is 5.91 Å². The monoisotopic (exact) mass is 261 g/mol. The molecule has 19 heavy (non-hydrogen) atoms. The van der Waals surface area contributed by atoms with E-state index in [4.69, 9.17) is 0 Å². The summed E-state index contributed by atoms with van der Waals surface area (Å²) in [5.74, 6) is 1.43. The zero-order valence-corrected chi connectivity index (χ0v) is 11.9. The zero-order chi connectivity index (χ0) is 14.0. The largest absolute Gasteiger partial charge is 0.508 e. The number of benzene rings is 1. The van der Waals surface area contributed by atoms with E-state index in [1.54, 1.807) is 18.2 Å². The number of aryl methyl sites for hydroxylation is 1. The van der Waals surface area contributed by atoms with Crippen LogP contribution < -0.4 is 5.32 Å². The van der Waals surface area contributed by atoms with E-state index in [-0.39, 0.29) is 17.7 Å². The van der Waals surface area contributed by atoms with Crippen LogP contribution in [0.2, 0.25) is 0 Å². The highest BCUT2D eigenvalue weighted by Crippen LogP contribution is 2.28. The Morgan fingerprint density at radius 1 is 1.21 bits per heavy atom. The number of rotatable bonds is 2. The molecule has 0 heterocycles. The minimum Gasteiger partial charge on any atom is -0.508 e. The van der Waals surface area contributed by atoms with Crippen LogP contribution in [0.4, 0.5) is 0 Å². The van der Waals surface area contributed by atoms with Gasteiger partial charge in [-0.15, -0.1) is 0 Å². The highest BCUT2D eigenvalue weighted by atomic mass is 16.3. The number of phenols is 1. The van der Waals surface area contributed by atoms with E-state index in [2.05, 4.69) is 19.2 Å². The van der Waals surface area contributed by atoms with Crippen LogP contribution in [0.15, 0.2) is 18.2 Å². The molecule has 3 nitrogen and oxygen atoms in total. The lowest BCUT2D eigenvalue weighted by Gasteiger charge is -2.32. The molecule has 1 amide bonds. The van der Waals surface area contributed by atoms with Crippen molar-refractivity contribution in [1.29, 1.82) is 0 Å². The number of phenolic OH excluding ortho intramolecular Hbond substituents is 1. The Hall–Kier alpha value is -1.51. The van der Waals surface area contributed by atoms with Crippen molar-refractivity contribution in [3.8, 4) is 5.75 Å². The maximum atomic E-state index is 12.2. The molecule has 2 unspecified atom stereocenters. The van der Waals surface area contributed by atoms with E-state index in [0.29, 0.717) is 17.4 Å². The quantitative estimate of drug-likeness (QED) is 0.858. The van der Waals surface area contributed by atoms with Crippen LogP contribution in [0.25, 0.3) is 0 Å². The van der Waals surface area contributed by atoms with Crippen molar-refractivity contribution in [1.82, 2.24) is 5.32 Å². The third-order valence-corrected chi connectivity index (χ3v) is 3.99. The molecule has 2 rings (SSSR count). The third kappa shape index (κ3) is 3.49. The number of amides is 1. The molecule has 1 aromatic carbocycles. The number of nitrogens with one attached hydrogen (secondary N) is 1. The summed E-state index contributed by atoms with van der Waals surface area (Å²) in [5, 5.41) is 12.8. The minimum atomic E-state index is -0.0819. The predicted molar refractivity (Wildman–Crippen MR) is 76.3 cm³/mol. The number of carbonyl (C=O) groups excluding carboxylic acids is 1. The van der Waals surface area contributed by atoms with E-state index in [0.717, 1.165) is 18.4 Å². The van der Waals surface area contributed by atoms with Gasteiger partial charge in [-0.2, -0.15) is 0 Å². The molecule has 0 spiro atoms. The van der Waals surface area contributed by atoms with Gasteiger partial charge in [0.1, 0.15) is 5.75 Å². The lowest BCUT2D eigenvalue weighted by molar-refractivity contribution is 0.0911. The van der Waals surface area contributed by atoms with Gasteiger partial charge in [-0.25, -0.2) is 0 Å². The molecule has 0 aromatic heterocycles. The van der Waals surface area contributed by atoms with E-state index in [1.807, 2.05) is 6.92 Å². The Kier molecular flexibility index (Phi) is 4.13. The van der Waals surface area contributed by atoms with Gasteiger partial charge in [-0.05, 0) is 55.7 Å². The number of hydrogen-bond acceptors (Lipinski definition) is 2. The molecule has 1 saturated carbocycles. The van der Waals surface area contributed by atoms with Gasteiger partial charge < -0.3 is 10.4 Å². The molecule has 104 valence electrons. The molecule has 3 heteroatoms. The predicted octanol–water partition coefficient (Wildman–Crippen LogP) is 3.26. The summed E-state index contributed by atoms with van der Waals surface area (Å²) in [5.41, 5.74) is 1.32. The highest BCUT2D eigenvalue weighted by Gasteiger charge is 2.25. The molecule has 0 aliphatic heterocycles. The second kappa shape index (κ2) is 5.64. The molecule has 1 aliphatic carbocycles. The van der Waals surface area contributed by atoms with Crippen LogP contribution in [0, 0.1) is 18.8 Å². The standard InChI is InChI=1S/C16H23NO2/c1-10-6-11(2)8-14(7-10)17-16(19)13-5-4-12(3)15(18)9-13/h4-5,9-11,14,18H,6-8H2,1-3H3,(H,17,19). The lowest BCUT2D eigenvalue weighted by Crippen LogP contribution is -2.40.